The van der Waals surface area contributed by atoms with Gasteiger partial charge in [-0.25, -0.2) is 8.42 Å². The SMILES string of the molecule is COc1ccc(S(=O)(=O)N2Cc3ccccc3CC2C)cc1C. The van der Waals surface area contributed by atoms with Crippen LogP contribution in [0.5, 0.6) is 5.75 Å². The molecule has 4 nitrogen and oxygen atoms in total. The van der Waals surface area contributed by atoms with Crippen LogP contribution in [-0.4, -0.2) is 25.9 Å². The zero-order chi connectivity index (χ0) is 16.6. The zero-order valence-corrected chi connectivity index (χ0v) is 14.4. The van der Waals surface area contributed by atoms with Crippen LogP contribution in [0.2, 0.25) is 0 Å². The Hall–Kier alpha value is -1.85. The van der Waals surface area contributed by atoms with Crippen molar-refractivity contribution in [3.63, 3.8) is 0 Å². The molecule has 0 saturated heterocycles. The molecule has 122 valence electrons. The van der Waals surface area contributed by atoms with E-state index in [4.69, 9.17) is 4.74 Å². The standard InChI is InChI=1S/C18H21NO3S/c1-13-10-17(8-9-18(13)22-3)23(20,21)19-12-16-7-5-4-6-15(16)11-14(19)2/h4-10,14H,11-12H2,1-3H3. The molecule has 0 amide bonds. The van der Waals surface area contributed by atoms with Crippen LogP contribution in [0.1, 0.15) is 23.6 Å². The molecule has 0 aliphatic carbocycles. The number of rotatable bonds is 3. The van der Waals surface area contributed by atoms with E-state index in [2.05, 4.69) is 6.07 Å². The normalized spacial score (nSPS) is 18.5. The second-order valence-electron chi connectivity index (χ2n) is 6.00. The molecule has 2 aromatic carbocycles. The molecule has 0 spiro atoms. The predicted molar refractivity (Wildman–Crippen MR) is 90.1 cm³/mol. The van der Waals surface area contributed by atoms with Gasteiger partial charge in [-0.05, 0) is 55.2 Å². The molecule has 1 heterocycles. The van der Waals surface area contributed by atoms with Crippen molar-refractivity contribution in [3.8, 4) is 5.75 Å². The molecule has 23 heavy (non-hydrogen) atoms. The summed E-state index contributed by atoms with van der Waals surface area (Å²) in [6.07, 6.45) is 0.741. The van der Waals surface area contributed by atoms with Gasteiger partial charge in [0.1, 0.15) is 5.75 Å². The number of nitrogens with zero attached hydrogens (tertiary/aromatic N) is 1. The number of aryl methyl sites for hydroxylation is 1. The Morgan fingerprint density at radius 1 is 1.13 bits per heavy atom. The lowest BCUT2D eigenvalue weighted by Crippen LogP contribution is -2.42. The Morgan fingerprint density at radius 3 is 2.48 bits per heavy atom. The van der Waals surface area contributed by atoms with Gasteiger partial charge in [0.25, 0.3) is 0 Å². The smallest absolute Gasteiger partial charge is 0.243 e. The number of fused-ring (bicyclic) bond motifs is 1. The maximum atomic E-state index is 13.0. The van der Waals surface area contributed by atoms with Crippen LogP contribution < -0.4 is 4.74 Å². The minimum absolute atomic E-state index is 0.0580. The van der Waals surface area contributed by atoms with Crippen LogP contribution in [0.3, 0.4) is 0 Å². The number of benzene rings is 2. The first-order chi connectivity index (χ1) is 10.9. The number of sulfonamides is 1. The maximum Gasteiger partial charge on any atom is 0.243 e. The van der Waals surface area contributed by atoms with Crippen LogP contribution in [0, 0.1) is 6.92 Å². The highest BCUT2D eigenvalue weighted by Crippen LogP contribution is 2.30. The molecule has 2 aromatic rings. The lowest BCUT2D eigenvalue weighted by molar-refractivity contribution is 0.309. The van der Waals surface area contributed by atoms with E-state index in [0.717, 1.165) is 17.5 Å². The monoisotopic (exact) mass is 331 g/mol. The van der Waals surface area contributed by atoms with E-state index in [1.807, 2.05) is 32.0 Å². The molecule has 0 fully saturated rings. The lowest BCUT2D eigenvalue weighted by Gasteiger charge is -2.34. The van der Waals surface area contributed by atoms with E-state index in [1.165, 1.54) is 5.56 Å². The van der Waals surface area contributed by atoms with Crippen molar-refractivity contribution >= 4 is 10.0 Å². The first-order valence-corrected chi connectivity index (χ1v) is 9.10. The van der Waals surface area contributed by atoms with Gasteiger partial charge in [-0.1, -0.05) is 24.3 Å². The Labute approximate surface area is 137 Å². The molecule has 1 unspecified atom stereocenters. The molecular formula is C18H21NO3S. The Kier molecular flexibility index (Phi) is 4.17. The van der Waals surface area contributed by atoms with Crippen LogP contribution in [-0.2, 0) is 23.0 Å². The van der Waals surface area contributed by atoms with Gasteiger partial charge in [0.2, 0.25) is 10.0 Å². The molecule has 0 N–H and O–H groups in total. The minimum atomic E-state index is -3.52. The van der Waals surface area contributed by atoms with E-state index >= 15 is 0 Å². The molecule has 1 atom stereocenters. The molecule has 0 bridgehead atoms. The summed E-state index contributed by atoms with van der Waals surface area (Å²) in [4.78, 5) is 0.321. The molecule has 0 radical (unpaired) electrons. The molecule has 1 aliphatic rings. The predicted octanol–water partition coefficient (Wildman–Crippen LogP) is 3.14. The quantitative estimate of drug-likeness (QED) is 0.868. The zero-order valence-electron chi connectivity index (χ0n) is 13.6. The summed E-state index contributed by atoms with van der Waals surface area (Å²) >= 11 is 0. The average Bonchev–Trinajstić information content (AvgIpc) is 2.54. The van der Waals surface area contributed by atoms with E-state index < -0.39 is 10.0 Å². The number of ether oxygens (including phenoxy) is 1. The fourth-order valence-corrected chi connectivity index (χ4v) is 4.82. The van der Waals surface area contributed by atoms with Crippen LogP contribution >= 0.6 is 0 Å². The van der Waals surface area contributed by atoms with Crippen molar-refractivity contribution < 1.29 is 13.2 Å². The third-order valence-electron chi connectivity index (χ3n) is 4.42. The van der Waals surface area contributed by atoms with Gasteiger partial charge in [0.15, 0.2) is 0 Å². The summed E-state index contributed by atoms with van der Waals surface area (Å²) < 4.78 is 32.9. The topological polar surface area (TPSA) is 46.6 Å². The summed E-state index contributed by atoms with van der Waals surface area (Å²) in [5.41, 5.74) is 3.13. The van der Waals surface area contributed by atoms with Gasteiger partial charge in [0, 0.05) is 12.6 Å². The van der Waals surface area contributed by atoms with E-state index in [0.29, 0.717) is 17.2 Å². The van der Waals surface area contributed by atoms with Gasteiger partial charge in [-0.15, -0.1) is 0 Å². The summed E-state index contributed by atoms with van der Waals surface area (Å²) in [5, 5.41) is 0. The summed E-state index contributed by atoms with van der Waals surface area (Å²) in [6, 6.07) is 13.0. The number of methoxy groups -OCH3 is 1. The highest BCUT2D eigenvalue weighted by molar-refractivity contribution is 7.89. The second kappa shape index (κ2) is 5.98. The van der Waals surface area contributed by atoms with Crippen molar-refractivity contribution in [2.45, 2.75) is 37.8 Å². The van der Waals surface area contributed by atoms with Gasteiger partial charge in [0.05, 0.1) is 12.0 Å². The van der Waals surface area contributed by atoms with Crippen LogP contribution in [0.15, 0.2) is 47.4 Å². The summed E-state index contributed by atoms with van der Waals surface area (Å²) in [6.45, 7) is 4.24. The molecule has 0 aromatic heterocycles. The first kappa shape index (κ1) is 16.0. The van der Waals surface area contributed by atoms with Crippen molar-refractivity contribution in [2.75, 3.05) is 7.11 Å². The second-order valence-corrected chi connectivity index (χ2v) is 7.89. The fraction of sp³-hybridized carbons (Fsp3) is 0.333. The lowest BCUT2D eigenvalue weighted by atomic mass is 9.97. The third kappa shape index (κ3) is 2.86. The first-order valence-electron chi connectivity index (χ1n) is 7.66. The van der Waals surface area contributed by atoms with Crippen LogP contribution in [0.4, 0.5) is 0 Å². The molecule has 1 aliphatic heterocycles. The molecule has 5 heteroatoms. The number of hydrogen-bond acceptors (Lipinski definition) is 3. The van der Waals surface area contributed by atoms with E-state index in [-0.39, 0.29) is 6.04 Å². The molecular weight excluding hydrogens is 310 g/mol. The summed E-state index contributed by atoms with van der Waals surface area (Å²) in [5.74, 6) is 0.695. The van der Waals surface area contributed by atoms with Crippen LogP contribution in [0.25, 0.3) is 0 Å². The average molecular weight is 331 g/mol. The van der Waals surface area contributed by atoms with Gasteiger partial charge < -0.3 is 4.74 Å². The van der Waals surface area contributed by atoms with Gasteiger partial charge in [-0.2, -0.15) is 4.31 Å². The Balaban J connectivity index is 1.98. The molecule has 0 saturated carbocycles. The van der Waals surface area contributed by atoms with Gasteiger partial charge >= 0.3 is 0 Å². The van der Waals surface area contributed by atoms with Crippen molar-refractivity contribution in [1.82, 2.24) is 4.31 Å². The van der Waals surface area contributed by atoms with Crippen molar-refractivity contribution in [2.24, 2.45) is 0 Å². The fourth-order valence-electron chi connectivity index (χ4n) is 3.12. The number of hydrogen-bond donors (Lipinski definition) is 0. The minimum Gasteiger partial charge on any atom is -0.496 e. The highest BCUT2D eigenvalue weighted by Gasteiger charge is 2.33. The van der Waals surface area contributed by atoms with E-state index in [9.17, 15) is 8.42 Å². The summed E-state index contributed by atoms with van der Waals surface area (Å²) in [7, 11) is -1.94. The van der Waals surface area contributed by atoms with E-state index in [1.54, 1.807) is 29.6 Å². The highest BCUT2D eigenvalue weighted by atomic mass is 32.2. The van der Waals surface area contributed by atoms with Crippen molar-refractivity contribution in [3.05, 3.63) is 59.2 Å². The van der Waals surface area contributed by atoms with Gasteiger partial charge in [-0.3, -0.25) is 0 Å². The largest absolute Gasteiger partial charge is 0.496 e. The third-order valence-corrected chi connectivity index (χ3v) is 6.38. The Morgan fingerprint density at radius 2 is 1.83 bits per heavy atom. The van der Waals surface area contributed by atoms with Crippen molar-refractivity contribution in [1.29, 1.82) is 0 Å². The molecule has 3 rings (SSSR count). The maximum absolute atomic E-state index is 13.0. The Bertz CT molecular complexity index is 830.